The Morgan fingerprint density at radius 3 is 2.50 bits per heavy atom. The lowest BCUT2D eigenvalue weighted by Crippen LogP contribution is -2.31. The van der Waals surface area contributed by atoms with Crippen molar-refractivity contribution in [3.05, 3.63) is 17.4 Å². The number of hydrogen-bond donors (Lipinski definition) is 1. The zero-order valence-corrected chi connectivity index (χ0v) is 13.9. The van der Waals surface area contributed by atoms with Gasteiger partial charge in [-0.1, -0.05) is 0 Å². The monoisotopic (exact) mass is 331 g/mol. The molecule has 2 rings (SSSR count). The zero-order valence-electron chi connectivity index (χ0n) is 13.1. The lowest BCUT2D eigenvalue weighted by Gasteiger charge is -2.24. The second kappa shape index (κ2) is 6.83. The molecule has 1 saturated heterocycles. The number of rotatable bonds is 5. The van der Waals surface area contributed by atoms with Gasteiger partial charge in [0.15, 0.2) is 21.3 Å². The van der Waals surface area contributed by atoms with E-state index < -0.39 is 20.5 Å². The first-order chi connectivity index (χ1) is 10.4. The van der Waals surface area contributed by atoms with Crippen molar-refractivity contribution in [2.75, 3.05) is 33.6 Å². The predicted octanol–water partition coefficient (Wildman–Crippen LogP) is 1.79. The van der Waals surface area contributed by atoms with E-state index in [1.54, 1.807) is 0 Å². The first kappa shape index (κ1) is 17.0. The van der Waals surface area contributed by atoms with Crippen LogP contribution in [0.3, 0.4) is 0 Å². The van der Waals surface area contributed by atoms with Crippen LogP contribution in [-0.4, -0.2) is 42.0 Å². The number of nitrogens with one attached hydrogen (secondary N) is 1. The van der Waals surface area contributed by atoms with Crippen LogP contribution in [-0.2, 0) is 16.3 Å². The van der Waals surface area contributed by atoms with E-state index in [9.17, 15) is 12.8 Å². The van der Waals surface area contributed by atoms with Crippen molar-refractivity contribution in [2.24, 2.45) is 5.92 Å². The zero-order chi connectivity index (χ0) is 16.3. The third kappa shape index (κ3) is 3.52. The molecule has 1 aliphatic heterocycles. The fraction of sp³-hybridized carbons (Fsp3) is 0.600. The number of halogens is 1. The van der Waals surface area contributed by atoms with E-state index in [-0.39, 0.29) is 5.75 Å². The van der Waals surface area contributed by atoms with Crippen LogP contribution in [0, 0.1) is 11.7 Å². The van der Waals surface area contributed by atoms with Crippen LogP contribution in [0.5, 0.6) is 11.5 Å². The number of methoxy groups -OCH3 is 2. The maximum Gasteiger partial charge on any atom is 0.182 e. The summed E-state index contributed by atoms with van der Waals surface area (Å²) >= 11 is 0. The summed E-state index contributed by atoms with van der Waals surface area (Å²) in [7, 11) is -0.999. The molecule has 1 aromatic rings. The van der Waals surface area contributed by atoms with Gasteiger partial charge in [0.05, 0.1) is 14.2 Å². The highest BCUT2D eigenvalue weighted by atomic mass is 32.2. The van der Waals surface area contributed by atoms with Crippen molar-refractivity contribution < 1.29 is 22.3 Å². The highest BCUT2D eigenvalue weighted by Crippen LogP contribution is 2.40. The minimum atomic E-state index is -3.75. The molecule has 1 atom stereocenters. The fourth-order valence-electron chi connectivity index (χ4n) is 2.96. The summed E-state index contributed by atoms with van der Waals surface area (Å²) in [5.74, 6) is -0.173. The Morgan fingerprint density at radius 2 is 2.00 bits per heavy atom. The van der Waals surface area contributed by atoms with Gasteiger partial charge >= 0.3 is 0 Å². The topological polar surface area (TPSA) is 64.6 Å². The fourth-order valence-corrected chi connectivity index (χ4v) is 3.88. The van der Waals surface area contributed by atoms with Gasteiger partial charge in [-0.3, -0.25) is 0 Å². The van der Waals surface area contributed by atoms with Crippen LogP contribution in [0.4, 0.5) is 4.39 Å². The molecule has 124 valence electrons. The Bertz CT molecular complexity index is 639. The minimum Gasteiger partial charge on any atom is -0.493 e. The van der Waals surface area contributed by atoms with Crippen LogP contribution in [0.15, 0.2) is 11.0 Å². The normalized spacial score (nSPS) is 19.0. The third-order valence-electron chi connectivity index (χ3n) is 3.91. The summed E-state index contributed by atoms with van der Waals surface area (Å²) < 4.78 is 48.4. The molecule has 1 unspecified atom stereocenters. The first-order valence-corrected chi connectivity index (χ1v) is 9.11. The lowest BCUT2D eigenvalue weighted by atomic mass is 9.91. The van der Waals surface area contributed by atoms with Crippen LogP contribution in [0.2, 0.25) is 0 Å². The van der Waals surface area contributed by atoms with Crippen molar-refractivity contribution >= 4 is 9.84 Å². The molecule has 1 N–H and O–H groups in total. The van der Waals surface area contributed by atoms with Crippen molar-refractivity contribution in [2.45, 2.75) is 24.2 Å². The second-order valence-electron chi connectivity index (χ2n) is 5.60. The van der Waals surface area contributed by atoms with Gasteiger partial charge in [0, 0.05) is 11.8 Å². The molecule has 0 aliphatic carbocycles. The molecule has 0 saturated carbocycles. The average molecular weight is 331 g/mol. The van der Waals surface area contributed by atoms with Gasteiger partial charge in [-0.05, 0) is 44.3 Å². The van der Waals surface area contributed by atoms with Gasteiger partial charge < -0.3 is 14.8 Å². The molecule has 1 aromatic carbocycles. The van der Waals surface area contributed by atoms with Crippen molar-refractivity contribution in [1.29, 1.82) is 0 Å². The van der Waals surface area contributed by atoms with E-state index in [1.807, 2.05) is 0 Å². The summed E-state index contributed by atoms with van der Waals surface area (Å²) in [6, 6.07) is 1.26. The molecule has 5 nitrogen and oxygen atoms in total. The summed E-state index contributed by atoms with van der Waals surface area (Å²) in [5, 5.41) is 3.31. The standard InChI is InChI=1S/C15H22FNO4S/c1-20-13-11(7-10-5-4-6-17-9-10)8-12(16)15(14(13)21-2)22(3,18)19/h8,10,17H,4-7,9H2,1-3H3. The molecular weight excluding hydrogens is 309 g/mol. The van der Waals surface area contributed by atoms with E-state index in [2.05, 4.69) is 5.32 Å². The van der Waals surface area contributed by atoms with E-state index in [4.69, 9.17) is 9.47 Å². The van der Waals surface area contributed by atoms with Crippen molar-refractivity contribution in [3.63, 3.8) is 0 Å². The van der Waals surface area contributed by atoms with Crippen LogP contribution in [0.25, 0.3) is 0 Å². The van der Waals surface area contributed by atoms with Gasteiger partial charge in [0.2, 0.25) is 0 Å². The molecule has 1 fully saturated rings. The third-order valence-corrected chi connectivity index (χ3v) is 5.03. The van der Waals surface area contributed by atoms with E-state index in [0.717, 1.165) is 32.2 Å². The molecule has 0 radical (unpaired) electrons. The number of sulfone groups is 1. The molecule has 0 spiro atoms. The first-order valence-electron chi connectivity index (χ1n) is 7.22. The SMILES string of the molecule is COc1c(CC2CCCNC2)cc(F)c(S(C)(=O)=O)c1OC. The molecule has 0 amide bonds. The summed E-state index contributed by atoms with van der Waals surface area (Å²) in [6.45, 7) is 1.86. The summed E-state index contributed by atoms with van der Waals surface area (Å²) in [4.78, 5) is -0.447. The van der Waals surface area contributed by atoms with Gasteiger partial charge in [-0.25, -0.2) is 12.8 Å². The molecule has 0 bridgehead atoms. The van der Waals surface area contributed by atoms with Crippen LogP contribution in [0.1, 0.15) is 18.4 Å². The van der Waals surface area contributed by atoms with Gasteiger partial charge in [0.1, 0.15) is 10.7 Å². The maximum absolute atomic E-state index is 14.3. The van der Waals surface area contributed by atoms with Crippen molar-refractivity contribution in [3.8, 4) is 11.5 Å². The number of hydrogen-bond acceptors (Lipinski definition) is 5. The molecule has 1 heterocycles. The Balaban J connectivity index is 2.49. The Morgan fingerprint density at radius 1 is 1.32 bits per heavy atom. The van der Waals surface area contributed by atoms with E-state index >= 15 is 0 Å². The molecule has 22 heavy (non-hydrogen) atoms. The molecular formula is C15H22FNO4S. The van der Waals surface area contributed by atoms with E-state index in [0.29, 0.717) is 23.7 Å². The molecule has 1 aliphatic rings. The Labute approximate surface area is 130 Å². The van der Waals surface area contributed by atoms with Gasteiger partial charge in [-0.2, -0.15) is 0 Å². The highest BCUT2D eigenvalue weighted by Gasteiger charge is 2.28. The lowest BCUT2D eigenvalue weighted by molar-refractivity contribution is 0.329. The van der Waals surface area contributed by atoms with Crippen LogP contribution < -0.4 is 14.8 Å². The quantitative estimate of drug-likeness (QED) is 0.891. The molecule has 7 heteroatoms. The summed E-state index contributed by atoms with van der Waals surface area (Å²) in [6.07, 6.45) is 3.70. The molecule has 0 aromatic heterocycles. The number of benzene rings is 1. The van der Waals surface area contributed by atoms with E-state index in [1.165, 1.54) is 20.3 Å². The number of ether oxygens (including phenoxy) is 2. The van der Waals surface area contributed by atoms with Crippen molar-refractivity contribution in [1.82, 2.24) is 5.32 Å². The minimum absolute atomic E-state index is 0.0521. The summed E-state index contributed by atoms with van der Waals surface area (Å²) in [5.41, 5.74) is 0.637. The average Bonchev–Trinajstić information content (AvgIpc) is 2.46. The Kier molecular flexibility index (Phi) is 5.28. The highest BCUT2D eigenvalue weighted by molar-refractivity contribution is 7.90. The predicted molar refractivity (Wildman–Crippen MR) is 81.9 cm³/mol. The second-order valence-corrected chi connectivity index (χ2v) is 7.55. The van der Waals surface area contributed by atoms with Gasteiger partial charge in [-0.15, -0.1) is 0 Å². The van der Waals surface area contributed by atoms with Crippen LogP contribution >= 0.6 is 0 Å². The van der Waals surface area contributed by atoms with Gasteiger partial charge in [0.25, 0.3) is 0 Å². The smallest absolute Gasteiger partial charge is 0.182 e. The largest absolute Gasteiger partial charge is 0.493 e. The maximum atomic E-state index is 14.3. The Hall–Kier alpha value is -1.34. The number of piperidine rings is 1.